The van der Waals surface area contributed by atoms with E-state index in [0.717, 1.165) is 58.8 Å². The lowest BCUT2D eigenvalue weighted by Crippen LogP contribution is -2.44. The Kier molecular flexibility index (Phi) is 4.97. The molecule has 0 saturated carbocycles. The molecular formula is C32H28FN3O. The van der Waals surface area contributed by atoms with Crippen molar-refractivity contribution in [2.24, 2.45) is 5.92 Å². The normalized spacial score (nSPS) is 22.2. The van der Waals surface area contributed by atoms with E-state index in [2.05, 4.69) is 67.5 Å². The Morgan fingerprint density at radius 3 is 2.57 bits per heavy atom. The standard InChI is InChI=1S/C32H28FN3O/c1-20-28-15-14-27-29(23-11-6-12-25(33)16-23)36(26-13-7-10-22(17-26)21-8-4-3-5-9-21)35-31(27)32(28,2)18-24-19-34-37-30(20)24/h3-13,16-17,19-20,28H,14-15,18H2,1-2H3/t20-,28-,32-/m1/s1. The third kappa shape index (κ3) is 3.41. The van der Waals surface area contributed by atoms with Crippen LogP contribution in [0.3, 0.4) is 0 Å². The van der Waals surface area contributed by atoms with Gasteiger partial charge in [0, 0.05) is 28.0 Å². The highest BCUT2D eigenvalue weighted by atomic mass is 19.1. The number of rotatable bonds is 3. The lowest BCUT2D eigenvalue weighted by Gasteiger charge is -2.46. The van der Waals surface area contributed by atoms with Crippen LogP contribution in [0.1, 0.15) is 48.8 Å². The van der Waals surface area contributed by atoms with Gasteiger partial charge in [-0.25, -0.2) is 9.07 Å². The average molecular weight is 490 g/mol. The fraction of sp³-hybridized carbons (Fsp3) is 0.250. The van der Waals surface area contributed by atoms with Gasteiger partial charge in [0.05, 0.1) is 23.3 Å². The molecule has 2 heterocycles. The van der Waals surface area contributed by atoms with E-state index < -0.39 is 0 Å². The molecule has 2 aromatic heterocycles. The van der Waals surface area contributed by atoms with E-state index in [1.54, 1.807) is 12.1 Å². The van der Waals surface area contributed by atoms with Gasteiger partial charge >= 0.3 is 0 Å². The summed E-state index contributed by atoms with van der Waals surface area (Å²) >= 11 is 0. The molecule has 0 amide bonds. The summed E-state index contributed by atoms with van der Waals surface area (Å²) in [5.74, 6) is 1.46. The number of aromatic nitrogens is 3. The SMILES string of the molecule is C[C@H]1c2oncc2C[C@@]2(C)c3nn(-c4cccc(-c5ccccc5)c4)c(-c4cccc(F)c4)c3CC[C@H]12. The van der Waals surface area contributed by atoms with E-state index in [4.69, 9.17) is 9.62 Å². The lowest BCUT2D eigenvalue weighted by atomic mass is 9.56. The van der Waals surface area contributed by atoms with Gasteiger partial charge in [-0.3, -0.25) is 0 Å². The van der Waals surface area contributed by atoms with Gasteiger partial charge in [0.25, 0.3) is 0 Å². The van der Waals surface area contributed by atoms with Gasteiger partial charge in [-0.05, 0) is 60.6 Å². The molecule has 5 heteroatoms. The second-order valence-corrected chi connectivity index (χ2v) is 10.8. The summed E-state index contributed by atoms with van der Waals surface area (Å²) in [6.45, 7) is 4.60. The summed E-state index contributed by atoms with van der Waals surface area (Å²) in [4.78, 5) is 0. The smallest absolute Gasteiger partial charge is 0.143 e. The fourth-order valence-electron chi connectivity index (χ4n) is 6.88. The molecule has 5 aromatic rings. The van der Waals surface area contributed by atoms with Crippen LogP contribution in [0.25, 0.3) is 28.1 Å². The van der Waals surface area contributed by atoms with Crippen molar-refractivity contribution in [2.75, 3.05) is 0 Å². The first-order valence-electron chi connectivity index (χ1n) is 13.0. The molecule has 184 valence electrons. The van der Waals surface area contributed by atoms with E-state index in [0.29, 0.717) is 5.92 Å². The summed E-state index contributed by atoms with van der Waals surface area (Å²) in [6, 6.07) is 25.7. The second-order valence-electron chi connectivity index (χ2n) is 10.8. The molecule has 0 N–H and O–H groups in total. The van der Waals surface area contributed by atoms with Crippen molar-refractivity contribution >= 4 is 0 Å². The Hall–Kier alpha value is -3.99. The minimum absolute atomic E-state index is 0.157. The first kappa shape index (κ1) is 22.2. The summed E-state index contributed by atoms with van der Waals surface area (Å²) in [5, 5.41) is 9.48. The van der Waals surface area contributed by atoms with Gasteiger partial charge in [-0.15, -0.1) is 0 Å². The Bertz CT molecular complexity index is 1620. The van der Waals surface area contributed by atoms with Crippen LogP contribution in [0.15, 0.2) is 89.6 Å². The number of hydrogen-bond acceptors (Lipinski definition) is 3. The third-order valence-corrected chi connectivity index (χ3v) is 8.59. The molecule has 4 nitrogen and oxygen atoms in total. The topological polar surface area (TPSA) is 43.9 Å². The molecule has 0 saturated heterocycles. The molecule has 2 aliphatic carbocycles. The summed E-state index contributed by atoms with van der Waals surface area (Å²) in [7, 11) is 0. The molecule has 0 aliphatic heterocycles. The minimum Gasteiger partial charge on any atom is -0.361 e. The van der Waals surface area contributed by atoms with Crippen molar-refractivity contribution in [3.8, 4) is 28.1 Å². The van der Waals surface area contributed by atoms with E-state index in [1.165, 1.54) is 17.2 Å². The summed E-state index contributed by atoms with van der Waals surface area (Å²) < 4.78 is 22.2. The molecule has 3 atom stereocenters. The molecular weight excluding hydrogens is 461 g/mol. The van der Waals surface area contributed by atoms with E-state index in [9.17, 15) is 4.39 Å². The Labute approximate surface area is 215 Å². The minimum atomic E-state index is -0.239. The van der Waals surface area contributed by atoms with Crippen molar-refractivity contribution in [2.45, 2.75) is 44.4 Å². The van der Waals surface area contributed by atoms with Crippen molar-refractivity contribution < 1.29 is 8.91 Å². The Morgan fingerprint density at radius 1 is 0.946 bits per heavy atom. The number of halogens is 1. The van der Waals surface area contributed by atoms with Gasteiger partial charge in [-0.2, -0.15) is 5.10 Å². The van der Waals surface area contributed by atoms with Gasteiger partial charge < -0.3 is 4.52 Å². The molecule has 3 aromatic carbocycles. The van der Waals surface area contributed by atoms with Crippen molar-refractivity contribution in [1.82, 2.24) is 14.9 Å². The Morgan fingerprint density at radius 2 is 1.73 bits per heavy atom. The zero-order chi connectivity index (χ0) is 25.1. The lowest BCUT2D eigenvalue weighted by molar-refractivity contribution is 0.172. The highest BCUT2D eigenvalue weighted by molar-refractivity contribution is 5.71. The number of benzene rings is 3. The van der Waals surface area contributed by atoms with Gasteiger partial charge in [0.15, 0.2) is 0 Å². The highest BCUT2D eigenvalue weighted by Crippen LogP contribution is 2.54. The number of fused-ring (bicyclic) bond motifs is 4. The third-order valence-electron chi connectivity index (χ3n) is 8.59. The van der Waals surface area contributed by atoms with Gasteiger partial charge in [-0.1, -0.05) is 73.6 Å². The van der Waals surface area contributed by atoms with Crippen LogP contribution in [-0.2, 0) is 18.3 Å². The van der Waals surface area contributed by atoms with E-state index in [1.807, 2.05) is 23.0 Å². The van der Waals surface area contributed by atoms with Crippen molar-refractivity contribution in [1.29, 1.82) is 0 Å². The summed E-state index contributed by atoms with van der Waals surface area (Å²) in [5.41, 5.74) is 8.46. The van der Waals surface area contributed by atoms with E-state index >= 15 is 0 Å². The van der Waals surface area contributed by atoms with Crippen LogP contribution >= 0.6 is 0 Å². The number of nitrogens with zero attached hydrogens (tertiary/aromatic N) is 3. The first-order valence-corrected chi connectivity index (χ1v) is 13.0. The second kappa shape index (κ2) is 8.27. The zero-order valence-electron chi connectivity index (χ0n) is 21.0. The maximum Gasteiger partial charge on any atom is 0.143 e. The maximum absolute atomic E-state index is 14.5. The van der Waals surface area contributed by atoms with E-state index in [-0.39, 0.29) is 17.2 Å². The van der Waals surface area contributed by atoms with Gasteiger partial charge in [0.2, 0.25) is 0 Å². The largest absolute Gasteiger partial charge is 0.361 e. The molecule has 0 unspecified atom stereocenters. The van der Waals surface area contributed by atoms with Crippen LogP contribution < -0.4 is 0 Å². The molecule has 0 spiro atoms. The number of hydrogen-bond donors (Lipinski definition) is 0. The molecule has 0 fully saturated rings. The van der Waals surface area contributed by atoms with Crippen LogP contribution in [0.2, 0.25) is 0 Å². The van der Waals surface area contributed by atoms with Crippen molar-refractivity contribution in [3.63, 3.8) is 0 Å². The molecule has 7 rings (SSSR count). The van der Waals surface area contributed by atoms with Crippen LogP contribution in [0, 0.1) is 11.7 Å². The molecule has 37 heavy (non-hydrogen) atoms. The van der Waals surface area contributed by atoms with Crippen LogP contribution in [0.5, 0.6) is 0 Å². The molecule has 0 radical (unpaired) electrons. The zero-order valence-corrected chi connectivity index (χ0v) is 21.0. The first-order chi connectivity index (χ1) is 18.0. The quantitative estimate of drug-likeness (QED) is 0.263. The average Bonchev–Trinajstić information content (AvgIpc) is 3.55. The maximum atomic E-state index is 14.5. The van der Waals surface area contributed by atoms with Crippen LogP contribution in [0.4, 0.5) is 4.39 Å². The monoisotopic (exact) mass is 489 g/mol. The van der Waals surface area contributed by atoms with Crippen molar-refractivity contribution in [3.05, 3.63) is 113 Å². The van der Waals surface area contributed by atoms with Gasteiger partial charge in [0.1, 0.15) is 11.6 Å². The Balaban J connectivity index is 1.45. The van der Waals surface area contributed by atoms with Crippen LogP contribution in [-0.4, -0.2) is 14.9 Å². The summed E-state index contributed by atoms with van der Waals surface area (Å²) in [6.07, 6.45) is 4.64. The molecule has 2 aliphatic rings. The highest BCUT2D eigenvalue weighted by Gasteiger charge is 2.51. The predicted molar refractivity (Wildman–Crippen MR) is 142 cm³/mol. The fourth-order valence-corrected chi connectivity index (χ4v) is 6.88. The predicted octanol–water partition coefficient (Wildman–Crippen LogP) is 7.51. The molecule has 0 bridgehead atoms.